The molecule has 2 aromatic heterocycles. The van der Waals surface area contributed by atoms with Crippen molar-refractivity contribution >= 4 is 33.9 Å². The molecule has 9 heteroatoms. The molecule has 5 rings (SSSR count). The number of benzene rings is 1. The van der Waals surface area contributed by atoms with Gasteiger partial charge in [-0.25, -0.2) is 18.7 Å². The minimum absolute atomic E-state index is 0.268. The zero-order chi connectivity index (χ0) is 25.9. The van der Waals surface area contributed by atoms with Crippen LogP contribution in [0.5, 0.6) is 0 Å². The first-order chi connectivity index (χ1) is 17.9. The van der Waals surface area contributed by atoms with Crippen LogP contribution in [-0.4, -0.2) is 45.2 Å². The molecule has 0 radical (unpaired) electrons. The summed E-state index contributed by atoms with van der Waals surface area (Å²) in [6.07, 6.45) is 12.9. The summed E-state index contributed by atoms with van der Waals surface area (Å²) in [5.74, 6) is -0.455. The van der Waals surface area contributed by atoms with E-state index in [-0.39, 0.29) is 11.4 Å². The summed E-state index contributed by atoms with van der Waals surface area (Å²) in [4.78, 5) is 16.7. The molecular formula is C28H30F2N6S. The summed E-state index contributed by atoms with van der Waals surface area (Å²) in [5.41, 5.74) is 8.32. The predicted molar refractivity (Wildman–Crippen MR) is 146 cm³/mol. The van der Waals surface area contributed by atoms with Crippen molar-refractivity contribution in [3.8, 4) is 0 Å². The van der Waals surface area contributed by atoms with Crippen LogP contribution in [0, 0.1) is 11.6 Å². The number of thioether (sulfide) groups is 1. The van der Waals surface area contributed by atoms with E-state index in [1.54, 1.807) is 30.1 Å². The first kappa shape index (κ1) is 25.4. The summed E-state index contributed by atoms with van der Waals surface area (Å²) in [6, 6.07) is 3.69. The molecule has 6 nitrogen and oxygen atoms in total. The maximum atomic E-state index is 14.2. The Labute approximate surface area is 219 Å². The van der Waals surface area contributed by atoms with Crippen molar-refractivity contribution < 1.29 is 8.78 Å². The fraction of sp³-hybridized carbons (Fsp3) is 0.321. The molecule has 2 fully saturated rings. The Morgan fingerprint density at radius 1 is 1.14 bits per heavy atom. The van der Waals surface area contributed by atoms with Gasteiger partial charge in [-0.2, -0.15) is 0 Å². The first-order valence-electron chi connectivity index (χ1n) is 12.4. The highest BCUT2D eigenvalue weighted by atomic mass is 32.2. The zero-order valence-electron chi connectivity index (χ0n) is 20.8. The van der Waals surface area contributed by atoms with Crippen molar-refractivity contribution in [1.82, 2.24) is 19.9 Å². The summed E-state index contributed by atoms with van der Waals surface area (Å²) in [6.45, 7) is 6.06. The standard InChI is InChI=1S/C28H30F2N6S/c1-17(33-26-22(29)4-3-5-23(26)30)14-19(8-11-31)27-34-24-16-32-15-21(18-6-7-18)25(24)28(35-27)37-20-9-12-36(2)13-10-20/h3-5,8,11,14-16,18,20,33H,1,6-7,9-10,12-13,31H2,2H3/b11-8-,19-14+. The number of anilines is 1. The Bertz CT molecular complexity index is 1360. The van der Waals surface area contributed by atoms with Gasteiger partial charge in [-0.1, -0.05) is 12.6 Å². The van der Waals surface area contributed by atoms with Crippen LogP contribution in [0.15, 0.2) is 66.2 Å². The first-order valence-corrected chi connectivity index (χ1v) is 13.3. The van der Waals surface area contributed by atoms with Gasteiger partial charge in [-0.05, 0) is 87.8 Å². The average molecular weight is 521 g/mol. The number of nitrogens with two attached hydrogens (primary N) is 1. The van der Waals surface area contributed by atoms with E-state index in [9.17, 15) is 8.78 Å². The van der Waals surface area contributed by atoms with Crippen LogP contribution in [0.1, 0.15) is 43.0 Å². The molecule has 1 aromatic carbocycles. The maximum absolute atomic E-state index is 14.2. The Morgan fingerprint density at radius 3 is 2.54 bits per heavy atom. The number of aromatic nitrogens is 3. The Balaban J connectivity index is 1.54. The van der Waals surface area contributed by atoms with E-state index in [1.165, 1.54) is 30.0 Å². The lowest BCUT2D eigenvalue weighted by atomic mass is 10.1. The van der Waals surface area contributed by atoms with Gasteiger partial charge in [-0.15, -0.1) is 11.8 Å². The highest BCUT2D eigenvalue weighted by Crippen LogP contribution is 2.45. The number of piperidine rings is 1. The number of likely N-dealkylation sites (tertiary alicyclic amines) is 1. The minimum atomic E-state index is -0.706. The van der Waals surface area contributed by atoms with Gasteiger partial charge in [-0.3, -0.25) is 4.98 Å². The van der Waals surface area contributed by atoms with Crippen LogP contribution in [0.3, 0.4) is 0 Å². The van der Waals surface area contributed by atoms with E-state index in [2.05, 4.69) is 28.8 Å². The van der Waals surface area contributed by atoms with E-state index in [1.807, 2.05) is 6.20 Å². The Morgan fingerprint density at radius 2 is 1.86 bits per heavy atom. The zero-order valence-corrected chi connectivity index (χ0v) is 21.6. The number of fused-ring (bicyclic) bond motifs is 1. The normalized spacial score (nSPS) is 17.5. The molecule has 1 saturated heterocycles. The van der Waals surface area contributed by atoms with Crippen LogP contribution in [-0.2, 0) is 0 Å². The van der Waals surface area contributed by atoms with Crippen LogP contribution >= 0.6 is 11.8 Å². The van der Waals surface area contributed by atoms with E-state index in [4.69, 9.17) is 15.7 Å². The van der Waals surface area contributed by atoms with Crippen molar-refractivity contribution in [3.63, 3.8) is 0 Å². The number of nitrogens with zero attached hydrogens (tertiary/aromatic N) is 4. The summed E-state index contributed by atoms with van der Waals surface area (Å²) in [7, 11) is 2.15. The summed E-state index contributed by atoms with van der Waals surface area (Å²) < 4.78 is 28.3. The van der Waals surface area contributed by atoms with Crippen LogP contribution in [0.2, 0.25) is 0 Å². The third-order valence-electron chi connectivity index (χ3n) is 6.68. The van der Waals surface area contributed by atoms with Gasteiger partial charge in [0.25, 0.3) is 0 Å². The molecule has 0 amide bonds. The van der Waals surface area contributed by atoms with Gasteiger partial charge in [0.2, 0.25) is 0 Å². The number of hydrogen-bond donors (Lipinski definition) is 2. The predicted octanol–water partition coefficient (Wildman–Crippen LogP) is 5.85. The molecule has 0 unspecified atom stereocenters. The molecule has 3 heterocycles. The fourth-order valence-electron chi connectivity index (χ4n) is 4.55. The number of pyridine rings is 1. The molecular weight excluding hydrogens is 490 g/mol. The van der Waals surface area contributed by atoms with Crippen molar-refractivity contribution in [2.45, 2.75) is 41.9 Å². The monoisotopic (exact) mass is 520 g/mol. The molecule has 0 bridgehead atoms. The van der Waals surface area contributed by atoms with E-state index in [0.29, 0.717) is 22.6 Å². The summed E-state index contributed by atoms with van der Waals surface area (Å²) >= 11 is 1.81. The maximum Gasteiger partial charge on any atom is 0.161 e. The van der Waals surface area contributed by atoms with Gasteiger partial charge in [0, 0.05) is 28.1 Å². The second kappa shape index (κ2) is 11.0. The van der Waals surface area contributed by atoms with Gasteiger partial charge in [0.15, 0.2) is 5.82 Å². The lowest BCUT2D eigenvalue weighted by Gasteiger charge is -2.28. The van der Waals surface area contributed by atoms with E-state index in [0.717, 1.165) is 54.7 Å². The molecule has 0 atom stereocenters. The van der Waals surface area contributed by atoms with Crippen LogP contribution in [0.25, 0.3) is 16.5 Å². The van der Waals surface area contributed by atoms with Crippen molar-refractivity contribution in [3.05, 3.63) is 84.2 Å². The molecule has 0 spiro atoms. The quantitative estimate of drug-likeness (QED) is 0.285. The van der Waals surface area contributed by atoms with Crippen molar-refractivity contribution in [2.75, 3.05) is 25.5 Å². The van der Waals surface area contributed by atoms with E-state index >= 15 is 0 Å². The molecule has 37 heavy (non-hydrogen) atoms. The van der Waals surface area contributed by atoms with Crippen LogP contribution in [0.4, 0.5) is 14.5 Å². The molecule has 3 N–H and O–H groups in total. The molecule has 1 aliphatic heterocycles. The molecule has 3 aromatic rings. The summed E-state index contributed by atoms with van der Waals surface area (Å²) in [5, 5.41) is 5.19. The van der Waals surface area contributed by atoms with Gasteiger partial charge in [0.1, 0.15) is 22.3 Å². The minimum Gasteiger partial charge on any atom is -0.405 e. The van der Waals surface area contributed by atoms with E-state index < -0.39 is 11.6 Å². The highest BCUT2D eigenvalue weighted by Gasteiger charge is 2.29. The molecule has 192 valence electrons. The third kappa shape index (κ3) is 5.83. The Hall–Kier alpha value is -3.30. The second-order valence-corrected chi connectivity index (χ2v) is 10.9. The number of allylic oxidation sites excluding steroid dienone is 3. The molecule has 2 aliphatic rings. The third-order valence-corrected chi connectivity index (χ3v) is 8.00. The highest BCUT2D eigenvalue weighted by molar-refractivity contribution is 8.00. The lowest BCUT2D eigenvalue weighted by Crippen LogP contribution is -2.31. The fourth-order valence-corrected chi connectivity index (χ4v) is 5.79. The number of para-hydroxylation sites is 1. The largest absolute Gasteiger partial charge is 0.405 e. The number of halogens is 2. The smallest absolute Gasteiger partial charge is 0.161 e. The average Bonchev–Trinajstić information content (AvgIpc) is 3.72. The van der Waals surface area contributed by atoms with Gasteiger partial charge < -0.3 is 16.0 Å². The number of nitrogens with one attached hydrogen (secondary N) is 1. The lowest BCUT2D eigenvalue weighted by molar-refractivity contribution is 0.282. The number of rotatable bonds is 8. The van der Waals surface area contributed by atoms with Crippen molar-refractivity contribution in [2.24, 2.45) is 5.73 Å². The molecule has 1 saturated carbocycles. The number of hydrogen-bond acceptors (Lipinski definition) is 7. The Kier molecular flexibility index (Phi) is 7.53. The van der Waals surface area contributed by atoms with Crippen LogP contribution < -0.4 is 11.1 Å². The topological polar surface area (TPSA) is 80.0 Å². The SMILES string of the molecule is C=C(/C=C(\C=C/N)c1nc(SC2CCN(C)CC2)c2c(C3CC3)cncc2n1)Nc1c(F)cccc1F. The molecule has 1 aliphatic carbocycles. The second-order valence-electron chi connectivity index (χ2n) is 9.58. The van der Waals surface area contributed by atoms with Gasteiger partial charge in [0.05, 0.1) is 11.7 Å². The van der Waals surface area contributed by atoms with Gasteiger partial charge >= 0.3 is 0 Å². The van der Waals surface area contributed by atoms with Crippen molar-refractivity contribution in [1.29, 1.82) is 0 Å².